The van der Waals surface area contributed by atoms with Gasteiger partial charge in [-0.2, -0.15) is 0 Å². The van der Waals surface area contributed by atoms with Crippen LogP contribution in [0, 0.1) is 0 Å². The number of hydrogen-bond acceptors (Lipinski definition) is 5. The van der Waals surface area contributed by atoms with Crippen LogP contribution in [0.1, 0.15) is 5.56 Å². The molecule has 0 atom stereocenters. The lowest BCUT2D eigenvalue weighted by Crippen LogP contribution is -2.14. The molecule has 0 bridgehead atoms. The molecule has 4 aromatic rings. The maximum Gasteiger partial charge on any atom is 0.230 e. The molecule has 0 aliphatic carbocycles. The van der Waals surface area contributed by atoms with Crippen LogP contribution < -0.4 is 14.8 Å². The van der Waals surface area contributed by atoms with E-state index in [4.69, 9.17) is 9.47 Å². The summed E-state index contributed by atoms with van der Waals surface area (Å²) in [6, 6.07) is 19.7. The van der Waals surface area contributed by atoms with Crippen LogP contribution in [0.4, 0.5) is 5.13 Å². The molecule has 1 heterocycles. The number of carbonyl (C=O) groups is 1. The molecule has 1 N–H and O–H groups in total. The summed E-state index contributed by atoms with van der Waals surface area (Å²) in [7, 11) is 3.22. The number of nitrogens with zero attached hydrogens (tertiary/aromatic N) is 1. The second kappa shape index (κ2) is 8.32. The van der Waals surface area contributed by atoms with Crippen LogP contribution in [0.5, 0.6) is 11.5 Å². The van der Waals surface area contributed by atoms with Gasteiger partial charge in [-0.25, -0.2) is 4.98 Å². The Kier molecular flexibility index (Phi) is 5.44. The van der Waals surface area contributed by atoms with Crippen molar-refractivity contribution in [3.8, 4) is 22.8 Å². The van der Waals surface area contributed by atoms with Crippen LogP contribution in [0.3, 0.4) is 0 Å². The van der Waals surface area contributed by atoms with E-state index in [9.17, 15) is 4.79 Å². The van der Waals surface area contributed by atoms with E-state index in [0.717, 1.165) is 27.6 Å². The second-order valence-corrected chi connectivity index (χ2v) is 7.37. The third-order valence-corrected chi connectivity index (χ3v) is 5.37. The van der Waals surface area contributed by atoms with E-state index in [0.29, 0.717) is 23.1 Å². The highest BCUT2D eigenvalue weighted by Gasteiger charge is 2.13. The van der Waals surface area contributed by atoms with Gasteiger partial charge < -0.3 is 14.8 Å². The zero-order valence-electron chi connectivity index (χ0n) is 16.1. The van der Waals surface area contributed by atoms with Crippen molar-refractivity contribution >= 4 is 33.1 Å². The van der Waals surface area contributed by atoms with E-state index >= 15 is 0 Å². The van der Waals surface area contributed by atoms with E-state index in [-0.39, 0.29) is 5.91 Å². The molecule has 4 rings (SSSR count). The maximum atomic E-state index is 12.5. The summed E-state index contributed by atoms with van der Waals surface area (Å²) in [5.74, 6) is 1.29. The highest BCUT2D eigenvalue weighted by molar-refractivity contribution is 7.14. The molecule has 5 nitrogen and oxygen atoms in total. The Morgan fingerprint density at radius 1 is 1.00 bits per heavy atom. The minimum Gasteiger partial charge on any atom is -0.497 e. The molecule has 29 heavy (non-hydrogen) atoms. The predicted molar refractivity (Wildman–Crippen MR) is 117 cm³/mol. The minimum atomic E-state index is -0.0946. The fourth-order valence-corrected chi connectivity index (χ4v) is 3.89. The summed E-state index contributed by atoms with van der Waals surface area (Å²) in [4.78, 5) is 17.0. The summed E-state index contributed by atoms with van der Waals surface area (Å²) >= 11 is 1.39. The molecule has 0 fully saturated rings. The van der Waals surface area contributed by atoms with Gasteiger partial charge in [-0.15, -0.1) is 11.3 Å². The normalized spacial score (nSPS) is 10.7. The van der Waals surface area contributed by atoms with Crippen molar-refractivity contribution in [2.24, 2.45) is 0 Å². The van der Waals surface area contributed by atoms with Crippen molar-refractivity contribution in [2.45, 2.75) is 6.42 Å². The van der Waals surface area contributed by atoms with Crippen LogP contribution >= 0.6 is 11.3 Å². The van der Waals surface area contributed by atoms with Gasteiger partial charge in [0.25, 0.3) is 0 Å². The van der Waals surface area contributed by atoms with E-state index in [1.165, 1.54) is 11.3 Å². The molecule has 1 aromatic heterocycles. The predicted octanol–water partition coefficient (Wildman–Crippen LogP) is 5.16. The summed E-state index contributed by atoms with van der Waals surface area (Å²) in [6.45, 7) is 0. The molecule has 0 aliphatic rings. The Morgan fingerprint density at radius 2 is 1.83 bits per heavy atom. The first-order valence-electron chi connectivity index (χ1n) is 9.12. The van der Waals surface area contributed by atoms with Crippen molar-refractivity contribution in [3.63, 3.8) is 0 Å². The van der Waals surface area contributed by atoms with Crippen LogP contribution in [0.2, 0.25) is 0 Å². The molecule has 0 radical (unpaired) electrons. The Hall–Kier alpha value is -3.38. The van der Waals surface area contributed by atoms with Crippen molar-refractivity contribution < 1.29 is 14.3 Å². The molecule has 6 heteroatoms. The number of hydrogen-bond donors (Lipinski definition) is 1. The Balaban J connectivity index is 1.48. The highest BCUT2D eigenvalue weighted by Crippen LogP contribution is 2.34. The fraction of sp³-hybridized carbons (Fsp3) is 0.130. The average Bonchev–Trinajstić information content (AvgIpc) is 3.21. The number of carbonyl (C=O) groups excluding carboxylic acids is 1. The van der Waals surface area contributed by atoms with Gasteiger partial charge in [0.05, 0.1) is 26.3 Å². The van der Waals surface area contributed by atoms with Crippen molar-refractivity contribution in [2.75, 3.05) is 19.5 Å². The van der Waals surface area contributed by atoms with Crippen LogP contribution in [0.15, 0.2) is 66.0 Å². The van der Waals surface area contributed by atoms with Crippen LogP contribution in [-0.2, 0) is 11.2 Å². The quantitative estimate of drug-likeness (QED) is 0.482. The number of ether oxygens (including phenoxy) is 2. The second-order valence-electron chi connectivity index (χ2n) is 6.51. The zero-order chi connectivity index (χ0) is 20.2. The molecule has 146 valence electrons. The lowest BCUT2D eigenvalue weighted by molar-refractivity contribution is -0.115. The monoisotopic (exact) mass is 404 g/mol. The maximum absolute atomic E-state index is 12.5. The number of amides is 1. The molecule has 3 aromatic carbocycles. The van der Waals surface area contributed by atoms with E-state index in [1.807, 2.05) is 60.0 Å². The number of aromatic nitrogens is 1. The number of thiazole rings is 1. The fourth-order valence-electron chi connectivity index (χ4n) is 3.16. The molecule has 1 amide bonds. The molecular formula is C23H20N2O3S. The lowest BCUT2D eigenvalue weighted by atomic mass is 10.1. The van der Waals surface area contributed by atoms with Gasteiger partial charge in [0.1, 0.15) is 11.5 Å². The first kappa shape index (κ1) is 19.0. The number of anilines is 1. The SMILES string of the molecule is COc1ccc(-c2csc(NC(=O)Cc3ccc4ccccc4c3)n2)c(OC)c1. The van der Waals surface area contributed by atoms with Gasteiger partial charge in [-0.05, 0) is 28.5 Å². The molecule has 0 unspecified atom stereocenters. The zero-order valence-corrected chi connectivity index (χ0v) is 17.0. The third-order valence-electron chi connectivity index (χ3n) is 4.61. The van der Waals surface area contributed by atoms with Crippen LogP contribution in [-0.4, -0.2) is 25.1 Å². The van der Waals surface area contributed by atoms with E-state index in [1.54, 1.807) is 14.2 Å². The Labute approximate surface area is 172 Å². The number of rotatable bonds is 6. The van der Waals surface area contributed by atoms with Gasteiger partial charge in [0.15, 0.2) is 5.13 Å². The Bertz CT molecular complexity index is 1170. The van der Waals surface area contributed by atoms with E-state index in [2.05, 4.69) is 16.4 Å². The van der Waals surface area contributed by atoms with Gasteiger partial charge in [-0.1, -0.05) is 42.5 Å². The lowest BCUT2D eigenvalue weighted by Gasteiger charge is -2.08. The smallest absolute Gasteiger partial charge is 0.230 e. The average molecular weight is 404 g/mol. The number of benzene rings is 3. The first-order valence-corrected chi connectivity index (χ1v) is 9.99. The first-order chi connectivity index (χ1) is 14.2. The minimum absolute atomic E-state index is 0.0946. The Morgan fingerprint density at radius 3 is 2.62 bits per heavy atom. The topological polar surface area (TPSA) is 60.5 Å². The van der Waals surface area contributed by atoms with Crippen molar-refractivity contribution in [1.82, 2.24) is 4.98 Å². The third kappa shape index (κ3) is 4.22. The van der Waals surface area contributed by atoms with Gasteiger partial charge >= 0.3 is 0 Å². The summed E-state index contributed by atoms with van der Waals surface area (Å²) in [5, 5.41) is 7.64. The summed E-state index contributed by atoms with van der Waals surface area (Å²) in [6.07, 6.45) is 0.297. The van der Waals surface area contributed by atoms with Gasteiger partial charge in [0.2, 0.25) is 5.91 Å². The molecular weight excluding hydrogens is 384 g/mol. The van der Waals surface area contributed by atoms with Crippen molar-refractivity contribution in [3.05, 3.63) is 71.6 Å². The van der Waals surface area contributed by atoms with Gasteiger partial charge in [-0.3, -0.25) is 4.79 Å². The largest absolute Gasteiger partial charge is 0.497 e. The highest BCUT2D eigenvalue weighted by atomic mass is 32.1. The number of methoxy groups -OCH3 is 2. The molecule has 0 saturated carbocycles. The van der Waals surface area contributed by atoms with Crippen molar-refractivity contribution in [1.29, 1.82) is 0 Å². The number of nitrogens with one attached hydrogen (secondary N) is 1. The van der Waals surface area contributed by atoms with Crippen LogP contribution in [0.25, 0.3) is 22.0 Å². The number of fused-ring (bicyclic) bond motifs is 1. The standard InChI is InChI=1S/C23H20N2O3S/c1-27-18-9-10-19(21(13-18)28-2)20-14-29-23(24-20)25-22(26)12-15-7-8-16-5-3-4-6-17(16)11-15/h3-11,13-14H,12H2,1-2H3,(H,24,25,26). The van der Waals surface area contributed by atoms with Gasteiger partial charge in [0, 0.05) is 17.0 Å². The van der Waals surface area contributed by atoms with E-state index < -0.39 is 0 Å². The summed E-state index contributed by atoms with van der Waals surface area (Å²) in [5.41, 5.74) is 2.56. The molecule has 0 spiro atoms. The molecule has 0 aliphatic heterocycles. The molecule has 0 saturated heterocycles. The summed E-state index contributed by atoms with van der Waals surface area (Å²) < 4.78 is 10.7.